The van der Waals surface area contributed by atoms with Gasteiger partial charge in [0, 0.05) is 12.7 Å². The quantitative estimate of drug-likeness (QED) is 0.632. The van der Waals surface area contributed by atoms with Gasteiger partial charge in [0.1, 0.15) is 0 Å². The lowest BCUT2D eigenvalue weighted by Crippen LogP contribution is -2.37. The monoisotopic (exact) mass is 355 g/mol. The minimum atomic E-state index is -0.587. The standard InChI is InChI=1S/C21H29N3O2/c1-12(2)16-8-10-17(11-9-16)19(13(3)4)22-21(26)20(25)18-14(5)23-24(7)15(18)6/h8-13,19H,1-7H3,(H,22,26). The van der Waals surface area contributed by atoms with E-state index >= 15 is 0 Å². The van der Waals surface area contributed by atoms with Crippen molar-refractivity contribution < 1.29 is 9.59 Å². The number of aromatic nitrogens is 2. The molecule has 0 aliphatic rings. The molecule has 0 bridgehead atoms. The van der Waals surface area contributed by atoms with Crippen molar-refractivity contribution in [2.24, 2.45) is 13.0 Å². The molecular weight excluding hydrogens is 326 g/mol. The molecule has 0 saturated heterocycles. The van der Waals surface area contributed by atoms with Crippen molar-refractivity contribution in [1.82, 2.24) is 15.1 Å². The number of rotatable bonds is 6. The molecule has 1 atom stereocenters. The van der Waals surface area contributed by atoms with Crippen molar-refractivity contribution >= 4 is 11.7 Å². The summed E-state index contributed by atoms with van der Waals surface area (Å²) in [6.07, 6.45) is 0. The summed E-state index contributed by atoms with van der Waals surface area (Å²) in [6.45, 7) is 11.9. The van der Waals surface area contributed by atoms with Crippen molar-refractivity contribution in [3.8, 4) is 0 Å². The average molecular weight is 355 g/mol. The number of hydrogen-bond acceptors (Lipinski definition) is 3. The molecular formula is C21H29N3O2. The van der Waals surface area contributed by atoms with E-state index in [1.165, 1.54) is 5.56 Å². The number of aryl methyl sites for hydroxylation is 2. The van der Waals surface area contributed by atoms with Crippen LogP contribution in [0, 0.1) is 19.8 Å². The van der Waals surface area contributed by atoms with Crippen molar-refractivity contribution in [2.45, 2.75) is 53.5 Å². The molecule has 26 heavy (non-hydrogen) atoms. The van der Waals surface area contributed by atoms with Crippen molar-refractivity contribution in [3.05, 3.63) is 52.3 Å². The van der Waals surface area contributed by atoms with Gasteiger partial charge in [0.2, 0.25) is 0 Å². The van der Waals surface area contributed by atoms with Crippen LogP contribution in [0.2, 0.25) is 0 Å². The number of amides is 1. The van der Waals surface area contributed by atoms with Gasteiger partial charge in [-0.05, 0) is 36.8 Å². The first-order valence-corrected chi connectivity index (χ1v) is 9.08. The maximum absolute atomic E-state index is 12.7. The zero-order valence-electron chi connectivity index (χ0n) is 16.8. The van der Waals surface area contributed by atoms with E-state index < -0.39 is 11.7 Å². The number of nitrogens with zero attached hydrogens (tertiary/aromatic N) is 2. The van der Waals surface area contributed by atoms with E-state index in [0.29, 0.717) is 22.9 Å². The number of carbonyl (C=O) groups excluding carboxylic acids is 2. The molecule has 1 unspecified atom stereocenters. The van der Waals surface area contributed by atoms with Crippen LogP contribution >= 0.6 is 0 Å². The molecule has 1 amide bonds. The number of benzene rings is 1. The molecule has 2 rings (SSSR count). The Morgan fingerprint density at radius 2 is 1.54 bits per heavy atom. The second-order valence-corrected chi connectivity index (χ2v) is 7.52. The largest absolute Gasteiger partial charge is 0.342 e. The van der Waals surface area contributed by atoms with Crippen LogP contribution in [-0.2, 0) is 11.8 Å². The SMILES string of the molecule is Cc1nn(C)c(C)c1C(=O)C(=O)NC(c1ccc(C(C)C)cc1)C(C)C. The fraction of sp³-hybridized carbons (Fsp3) is 0.476. The van der Waals surface area contributed by atoms with Crippen LogP contribution in [0.15, 0.2) is 24.3 Å². The zero-order valence-corrected chi connectivity index (χ0v) is 16.8. The van der Waals surface area contributed by atoms with Crippen molar-refractivity contribution in [1.29, 1.82) is 0 Å². The summed E-state index contributed by atoms with van der Waals surface area (Å²) in [4.78, 5) is 25.3. The fourth-order valence-corrected chi connectivity index (χ4v) is 3.15. The van der Waals surface area contributed by atoms with Gasteiger partial charge in [-0.25, -0.2) is 0 Å². The summed E-state index contributed by atoms with van der Waals surface area (Å²) in [5, 5.41) is 7.15. The highest BCUT2D eigenvalue weighted by molar-refractivity contribution is 6.43. The maximum Gasteiger partial charge on any atom is 0.293 e. The molecule has 1 aromatic carbocycles. The Morgan fingerprint density at radius 1 is 1.00 bits per heavy atom. The number of ketones is 1. The molecule has 2 aromatic rings. The minimum absolute atomic E-state index is 0.160. The molecule has 0 fully saturated rings. The van der Waals surface area contributed by atoms with E-state index in [9.17, 15) is 9.59 Å². The third kappa shape index (κ3) is 4.03. The summed E-state index contributed by atoms with van der Waals surface area (Å²) in [5.74, 6) is -0.504. The first-order valence-electron chi connectivity index (χ1n) is 9.08. The van der Waals surface area contributed by atoms with Gasteiger partial charge in [-0.2, -0.15) is 5.10 Å². The van der Waals surface area contributed by atoms with Crippen LogP contribution < -0.4 is 5.32 Å². The molecule has 0 aliphatic heterocycles. The predicted molar refractivity (Wildman–Crippen MR) is 103 cm³/mol. The lowest BCUT2D eigenvalue weighted by atomic mass is 9.93. The smallest absolute Gasteiger partial charge is 0.293 e. The third-order valence-electron chi connectivity index (χ3n) is 4.86. The summed E-state index contributed by atoms with van der Waals surface area (Å²) in [6, 6.07) is 8.01. The van der Waals surface area contributed by atoms with E-state index in [2.05, 4.69) is 36.4 Å². The number of Topliss-reactive ketones (excluding diaryl/α,β-unsaturated/α-hetero) is 1. The summed E-state index contributed by atoms with van der Waals surface area (Å²) in [7, 11) is 1.77. The van der Waals surface area contributed by atoms with E-state index in [4.69, 9.17) is 0 Å². The van der Waals surface area contributed by atoms with Crippen molar-refractivity contribution in [3.63, 3.8) is 0 Å². The lowest BCUT2D eigenvalue weighted by Gasteiger charge is -2.23. The van der Waals surface area contributed by atoms with E-state index in [0.717, 1.165) is 5.56 Å². The Labute approximate surface area is 155 Å². The topological polar surface area (TPSA) is 64.0 Å². The van der Waals surface area contributed by atoms with Gasteiger partial charge in [-0.1, -0.05) is 52.0 Å². The lowest BCUT2D eigenvalue weighted by molar-refractivity contribution is -0.118. The van der Waals surface area contributed by atoms with Gasteiger partial charge in [-0.15, -0.1) is 0 Å². The highest BCUT2D eigenvalue weighted by Crippen LogP contribution is 2.24. The summed E-state index contributed by atoms with van der Waals surface area (Å²) in [5.41, 5.74) is 3.92. The van der Waals surface area contributed by atoms with Gasteiger partial charge >= 0.3 is 0 Å². The number of nitrogens with one attached hydrogen (secondary N) is 1. The van der Waals surface area contributed by atoms with Crippen molar-refractivity contribution in [2.75, 3.05) is 0 Å². The maximum atomic E-state index is 12.7. The molecule has 0 aliphatic carbocycles. The van der Waals surface area contributed by atoms with Gasteiger partial charge < -0.3 is 5.32 Å². The van der Waals surface area contributed by atoms with Crippen LogP contribution in [0.25, 0.3) is 0 Å². The Kier molecular flexibility index (Phi) is 6.01. The van der Waals surface area contributed by atoms with Gasteiger partial charge in [0.25, 0.3) is 11.7 Å². The molecule has 1 heterocycles. The van der Waals surface area contributed by atoms with Crippen LogP contribution in [0.4, 0.5) is 0 Å². The first kappa shape index (κ1) is 19.9. The van der Waals surface area contributed by atoms with Gasteiger partial charge in [0.15, 0.2) is 0 Å². The first-order chi connectivity index (χ1) is 12.1. The molecule has 1 N–H and O–H groups in total. The van der Waals surface area contributed by atoms with Crippen LogP contribution in [0.1, 0.15) is 72.5 Å². The summed E-state index contributed by atoms with van der Waals surface area (Å²) >= 11 is 0. The van der Waals surface area contributed by atoms with Crippen LogP contribution in [0.5, 0.6) is 0 Å². The molecule has 0 radical (unpaired) electrons. The summed E-state index contributed by atoms with van der Waals surface area (Å²) < 4.78 is 1.63. The van der Waals surface area contributed by atoms with E-state index in [1.54, 1.807) is 25.6 Å². The van der Waals surface area contributed by atoms with Gasteiger partial charge in [0.05, 0.1) is 17.3 Å². The normalized spacial score (nSPS) is 12.5. The highest BCUT2D eigenvalue weighted by Gasteiger charge is 2.27. The zero-order chi connectivity index (χ0) is 19.6. The Morgan fingerprint density at radius 3 is 1.96 bits per heavy atom. The van der Waals surface area contributed by atoms with Crippen LogP contribution in [-0.4, -0.2) is 21.5 Å². The number of hydrogen-bond donors (Lipinski definition) is 1. The van der Waals surface area contributed by atoms with Crippen LogP contribution in [0.3, 0.4) is 0 Å². The second-order valence-electron chi connectivity index (χ2n) is 7.52. The molecule has 0 spiro atoms. The molecule has 140 valence electrons. The third-order valence-corrected chi connectivity index (χ3v) is 4.86. The molecule has 0 saturated carbocycles. The second kappa shape index (κ2) is 7.85. The fourth-order valence-electron chi connectivity index (χ4n) is 3.15. The number of carbonyl (C=O) groups is 2. The molecule has 1 aromatic heterocycles. The van der Waals surface area contributed by atoms with Gasteiger partial charge in [-0.3, -0.25) is 14.3 Å². The minimum Gasteiger partial charge on any atom is -0.342 e. The predicted octanol–water partition coefficient (Wildman–Crippen LogP) is 3.86. The Balaban J connectivity index is 2.24. The average Bonchev–Trinajstić information content (AvgIpc) is 2.83. The molecule has 5 heteroatoms. The Hall–Kier alpha value is -2.43. The highest BCUT2D eigenvalue weighted by atomic mass is 16.2. The van der Waals surface area contributed by atoms with E-state index in [-0.39, 0.29) is 12.0 Å². The van der Waals surface area contributed by atoms with E-state index in [1.807, 2.05) is 26.0 Å². The molecule has 5 nitrogen and oxygen atoms in total. The Bertz CT molecular complexity index is 801.